The Hall–Kier alpha value is -3.51. The SMILES string of the molecule is Cc1ccccc1/C=[N+]1\NC(=O)[C@@H](NC(=O)c2ccc(F)cc2)[C@H]1c1ccc(Cl)cc1. The summed E-state index contributed by atoms with van der Waals surface area (Å²) in [4.78, 5) is 25.6. The van der Waals surface area contributed by atoms with Crippen LogP contribution in [0.2, 0.25) is 5.02 Å². The molecule has 1 aliphatic rings. The van der Waals surface area contributed by atoms with E-state index in [2.05, 4.69) is 10.7 Å². The summed E-state index contributed by atoms with van der Waals surface area (Å²) in [6.45, 7) is 1.98. The Balaban J connectivity index is 1.71. The summed E-state index contributed by atoms with van der Waals surface area (Å²) >= 11 is 6.04. The lowest BCUT2D eigenvalue weighted by Gasteiger charge is -2.15. The Morgan fingerprint density at radius 1 is 1.06 bits per heavy atom. The summed E-state index contributed by atoms with van der Waals surface area (Å²) in [7, 11) is 0. The van der Waals surface area contributed by atoms with Crippen LogP contribution in [0.3, 0.4) is 0 Å². The molecule has 1 saturated heterocycles. The Morgan fingerprint density at radius 3 is 2.42 bits per heavy atom. The number of aryl methyl sites for hydroxylation is 1. The van der Waals surface area contributed by atoms with Crippen LogP contribution in [0.25, 0.3) is 0 Å². The van der Waals surface area contributed by atoms with Crippen molar-refractivity contribution < 1.29 is 18.7 Å². The molecule has 0 aliphatic carbocycles. The minimum absolute atomic E-state index is 0.269. The fraction of sp³-hybridized carbons (Fsp3) is 0.125. The lowest BCUT2D eigenvalue weighted by molar-refractivity contribution is -0.596. The highest BCUT2D eigenvalue weighted by molar-refractivity contribution is 6.30. The second-order valence-corrected chi connectivity index (χ2v) is 7.76. The zero-order valence-electron chi connectivity index (χ0n) is 16.7. The first-order valence-corrected chi connectivity index (χ1v) is 10.1. The Kier molecular flexibility index (Phi) is 5.82. The predicted molar refractivity (Wildman–Crippen MR) is 117 cm³/mol. The third-order valence-electron chi connectivity index (χ3n) is 5.21. The van der Waals surface area contributed by atoms with Crippen molar-refractivity contribution in [2.24, 2.45) is 0 Å². The maximum absolute atomic E-state index is 13.2. The Labute approximate surface area is 184 Å². The van der Waals surface area contributed by atoms with Gasteiger partial charge >= 0.3 is 5.91 Å². The van der Waals surface area contributed by atoms with Crippen molar-refractivity contribution in [3.8, 4) is 0 Å². The van der Waals surface area contributed by atoms with E-state index in [-0.39, 0.29) is 11.5 Å². The molecule has 1 heterocycles. The fourth-order valence-corrected chi connectivity index (χ4v) is 3.67. The lowest BCUT2D eigenvalue weighted by Crippen LogP contribution is -2.42. The number of hydrazine groups is 1. The molecule has 0 saturated carbocycles. The topological polar surface area (TPSA) is 61.2 Å². The number of hydrogen-bond donors (Lipinski definition) is 2. The average molecular weight is 437 g/mol. The monoisotopic (exact) mass is 436 g/mol. The number of rotatable bonds is 4. The van der Waals surface area contributed by atoms with Crippen LogP contribution in [0.5, 0.6) is 0 Å². The quantitative estimate of drug-likeness (QED) is 0.611. The molecule has 1 aliphatic heterocycles. The van der Waals surface area contributed by atoms with Gasteiger partial charge < -0.3 is 5.32 Å². The normalized spacial score (nSPS) is 19.3. The minimum atomic E-state index is -0.862. The van der Waals surface area contributed by atoms with Gasteiger partial charge in [-0.2, -0.15) is 0 Å². The number of carbonyl (C=O) groups is 2. The second kappa shape index (κ2) is 8.70. The van der Waals surface area contributed by atoms with Crippen LogP contribution in [0.1, 0.15) is 33.1 Å². The molecule has 0 bridgehead atoms. The number of halogens is 2. The van der Waals surface area contributed by atoms with E-state index in [1.54, 1.807) is 16.8 Å². The van der Waals surface area contributed by atoms with Crippen molar-refractivity contribution in [1.29, 1.82) is 0 Å². The Bertz CT molecular complexity index is 1160. The standard InChI is InChI=1S/C24H19ClFN3O2/c1-15-4-2-3-5-18(15)14-29-22(16-6-10-19(25)11-7-16)21(24(31)28-29)27-23(30)17-8-12-20(26)13-9-17/h2-14,21-22H,1H3,(H-,27,28,30,31)/p+1/b29-14-/t21-,22+/m0/s1. The number of hydrazone groups is 1. The maximum atomic E-state index is 13.2. The van der Waals surface area contributed by atoms with Gasteiger partial charge in [-0.25, -0.2) is 4.39 Å². The van der Waals surface area contributed by atoms with Crippen LogP contribution in [-0.2, 0) is 4.79 Å². The van der Waals surface area contributed by atoms with Crippen LogP contribution < -0.4 is 10.7 Å². The first-order chi connectivity index (χ1) is 14.9. The molecule has 7 heteroatoms. The third kappa shape index (κ3) is 4.49. The molecule has 31 heavy (non-hydrogen) atoms. The van der Waals surface area contributed by atoms with E-state index >= 15 is 0 Å². The number of nitrogens with zero attached hydrogens (tertiary/aromatic N) is 1. The number of hydrogen-bond acceptors (Lipinski definition) is 2. The first-order valence-electron chi connectivity index (χ1n) is 9.73. The molecule has 156 valence electrons. The van der Waals surface area contributed by atoms with Gasteiger partial charge in [-0.05, 0) is 55.0 Å². The summed E-state index contributed by atoms with van der Waals surface area (Å²) < 4.78 is 14.9. The molecule has 0 radical (unpaired) electrons. The van der Waals surface area contributed by atoms with Gasteiger partial charge in [0.05, 0.1) is 0 Å². The summed E-state index contributed by atoms with van der Waals surface area (Å²) in [6, 6.07) is 18.7. The van der Waals surface area contributed by atoms with Gasteiger partial charge in [0.1, 0.15) is 5.82 Å². The average Bonchev–Trinajstić information content (AvgIpc) is 3.05. The van der Waals surface area contributed by atoms with Crippen molar-refractivity contribution in [3.05, 3.63) is 106 Å². The largest absolute Gasteiger partial charge is 0.334 e. The minimum Gasteiger partial charge on any atom is -0.334 e. The highest BCUT2D eigenvalue weighted by Gasteiger charge is 2.47. The van der Waals surface area contributed by atoms with Crippen molar-refractivity contribution >= 4 is 29.6 Å². The molecule has 1 fully saturated rings. The van der Waals surface area contributed by atoms with Gasteiger partial charge in [0.2, 0.25) is 12.3 Å². The predicted octanol–water partition coefficient (Wildman–Crippen LogP) is 3.80. The van der Waals surface area contributed by atoms with Gasteiger partial charge in [0.25, 0.3) is 5.91 Å². The number of benzene rings is 3. The fourth-order valence-electron chi connectivity index (χ4n) is 3.55. The van der Waals surface area contributed by atoms with E-state index in [4.69, 9.17) is 11.6 Å². The molecule has 2 atom stereocenters. The van der Waals surface area contributed by atoms with Crippen LogP contribution >= 0.6 is 11.6 Å². The van der Waals surface area contributed by atoms with Gasteiger partial charge in [0.15, 0.2) is 6.04 Å². The summed E-state index contributed by atoms with van der Waals surface area (Å²) in [5.41, 5.74) is 5.90. The third-order valence-corrected chi connectivity index (χ3v) is 5.46. The molecule has 3 aromatic carbocycles. The second-order valence-electron chi connectivity index (χ2n) is 7.32. The van der Waals surface area contributed by atoms with Gasteiger partial charge in [0, 0.05) is 21.7 Å². The van der Waals surface area contributed by atoms with Crippen LogP contribution in [0.15, 0.2) is 72.8 Å². The molecule has 0 unspecified atom stereocenters. The zero-order chi connectivity index (χ0) is 22.0. The van der Waals surface area contributed by atoms with E-state index < -0.39 is 23.8 Å². The Morgan fingerprint density at radius 2 is 1.74 bits per heavy atom. The van der Waals surface area contributed by atoms with E-state index in [1.807, 2.05) is 49.5 Å². The highest BCUT2D eigenvalue weighted by atomic mass is 35.5. The zero-order valence-corrected chi connectivity index (χ0v) is 17.4. The van der Waals surface area contributed by atoms with E-state index in [9.17, 15) is 14.0 Å². The van der Waals surface area contributed by atoms with Gasteiger partial charge in [-0.3, -0.25) is 9.59 Å². The van der Waals surface area contributed by atoms with E-state index in [0.717, 1.165) is 16.7 Å². The van der Waals surface area contributed by atoms with Crippen LogP contribution in [-0.4, -0.2) is 28.8 Å². The van der Waals surface area contributed by atoms with E-state index in [1.165, 1.54) is 24.3 Å². The van der Waals surface area contributed by atoms with Crippen LogP contribution in [0.4, 0.5) is 4.39 Å². The van der Waals surface area contributed by atoms with Crippen molar-refractivity contribution in [1.82, 2.24) is 10.7 Å². The molecular weight excluding hydrogens is 417 g/mol. The molecule has 0 aromatic heterocycles. The lowest BCUT2D eigenvalue weighted by atomic mass is 9.99. The summed E-state index contributed by atoms with van der Waals surface area (Å²) in [6.07, 6.45) is 1.84. The smallest absolute Gasteiger partial charge is 0.304 e. The molecular formula is C24H20ClFN3O2+. The van der Waals surface area contributed by atoms with Crippen LogP contribution in [0, 0.1) is 12.7 Å². The highest BCUT2D eigenvalue weighted by Crippen LogP contribution is 2.27. The number of amides is 2. The molecule has 3 aromatic rings. The molecule has 0 spiro atoms. The van der Waals surface area contributed by atoms with Gasteiger partial charge in [-0.15, -0.1) is 10.1 Å². The van der Waals surface area contributed by atoms with Crippen molar-refractivity contribution in [2.75, 3.05) is 0 Å². The van der Waals surface area contributed by atoms with Crippen molar-refractivity contribution in [3.63, 3.8) is 0 Å². The maximum Gasteiger partial charge on any atom is 0.304 e. The molecule has 2 N–H and O–H groups in total. The van der Waals surface area contributed by atoms with Crippen molar-refractivity contribution in [2.45, 2.75) is 19.0 Å². The number of carbonyl (C=O) groups excluding carboxylic acids is 2. The molecule has 2 amide bonds. The van der Waals surface area contributed by atoms with E-state index in [0.29, 0.717) is 5.02 Å². The summed E-state index contributed by atoms with van der Waals surface area (Å²) in [5.74, 6) is -1.25. The molecule has 4 rings (SSSR count). The van der Waals surface area contributed by atoms with Gasteiger partial charge in [-0.1, -0.05) is 41.9 Å². The number of nitrogens with one attached hydrogen (secondary N) is 2. The first kappa shape index (κ1) is 20.8. The summed E-state index contributed by atoms with van der Waals surface area (Å²) in [5, 5.41) is 3.36. The molecule has 5 nitrogen and oxygen atoms in total.